The fraction of sp³-hybridized carbons (Fsp3) is 1.00. The van der Waals surface area contributed by atoms with Crippen LogP contribution in [-0.2, 0) is 4.74 Å². The topological polar surface area (TPSA) is 21.3 Å². The number of rotatable bonds is 5. The quantitative estimate of drug-likeness (QED) is 0.792. The highest BCUT2D eigenvalue weighted by Gasteiger charge is 2.43. The second kappa shape index (κ2) is 4.24. The molecule has 0 amide bonds. The average molecular weight is 237 g/mol. The summed E-state index contributed by atoms with van der Waals surface area (Å²) in [7, 11) is 0. The molecule has 0 aromatic heterocycles. The van der Waals surface area contributed by atoms with Crippen molar-refractivity contribution >= 4 is 0 Å². The van der Waals surface area contributed by atoms with Crippen molar-refractivity contribution < 1.29 is 4.74 Å². The summed E-state index contributed by atoms with van der Waals surface area (Å²) < 4.78 is 6.17. The summed E-state index contributed by atoms with van der Waals surface area (Å²) in [4.78, 5) is 0. The lowest BCUT2D eigenvalue weighted by atomic mass is 9.65. The third-order valence-corrected chi connectivity index (χ3v) is 4.97. The zero-order valence-electron chi connectivity index (χ0n) is 11.4. The molecule has 1 saturated heterocycles. The molecule has 0 aromatic rings. The lowest BCUT2D eigenvalue weighted by Gasteiger charge is -2.44. The van der Waals surface area contributed by atoms with Crippen molar-refractivity contribution in [1.29, 1.82) is 0 Å². The average Bonchev–Trinajstić information content (AvgIpc) is 2.96. The van der Waals surface area contributed by atoms with E-state index >= 15 is 0 Å². The van der Waals surface area contributed by atoms with Crippen LogP contribution in [0, 0.1) is 5.41 Å². The molecule has 2 saturated carbocycles. The predicted molar refractivity (Wildman–Crippen MR) is 70.1 cm³/mol. The molecule has 2 heteroatoms. The lowest BCUT2D eigenvalue weighted by molar-refractivity contribution is -0.0488. The molecule has 1 aliphatic heterocycles. The summed E-state index contributed by atoms with van der Waals surface area (Å²) in [5.74, 6) is 0. The molecule has 17 heavy (non-hydrogen) atoms. The Morgan fingerprint density at radius 1 is 1.12 bits per heavy atom. The van der Waals surface area contributed by atoms with Gasteiger partial charge in [0.1, 0.15) is 0 Å². The Bertz CT molecular complexity index is 279. The van der Waals surface area contributed by atoms with Crippen molar-refractivity contribution in [3.63, 3.8) is 0 Å². The summed E-state index contributed by atoms with van der Waals surface area (Å²) in [5.41, 5.74) is 0.729. The van der Waals surface area contributed by atoms with Crippen LogP contribution in [0.25, 0.3) is 0 Å². The molecule has 1 atom stereocenters. The van der Waals surface area contributed by atoms with Gasteiger partial charge in [-0.1, -0.05) is 6.42 Å². The maximum atomic E-state index is 6.17. The molecule has 1 unspecified atom stereocenters. The van der Waals surface area contributed by atoms with E-state index in [0.717, 1.165) is 6.04 Å². The molecule has 1 N–H and O–H groups in total. The van der Waals surface area contributed by atoms with Gasteiger partial charge in [-0.25, -0.2) is 0 Å². The van der Waals surface area contributed by atoms with E-state index in [1.807, 2.05) is 0 Å². The predicted octanol–water partition coefficient (Wildman–Crippen LogP) is 3.26. The zero-order chi connectivity index (χ0) is 11.9. The molecule has 0 aromatic carbocycles. The maximum absolute atomic E-state index is 6.17. The minimum atomic E-state index is 0.138. The van der Waals surface area contributed by atoms with E-state index in [9.17, 15) is 0 Å². The van der Waals surface area contributed by atoms with Crippen LogP contribution in [-0.4, -0.2) is 24.3 Å². The van der Waals surface area contributed by atoms with Gasteiger partial charge in [0.25, 0.3) is 0 Å². The van der Waals surface area contributed by atoms with Crippen LogP contribution in [0.5, 0.6) is 0 Å². The highest BCUT2D eigenvalue weighted by molar-refractivity contribution is 4.96. The van der Waals surface area contributed by atoms with E-state index in [2.05, 4.69) is 19.2 Å². The van der Waals surface area contributed by atoms with Gasteiger partial charge in [0.05, 0.1) is 11.7 Å². The van der Waals surface area contributed by atoms with Crippen LogP contribution >= 0.6 is 0 Å². The zero-order valence-corrected chi connectivity index (χ0v) is 11.4. The molecule has 0 radical (unpaired) electrons. The number of hydrogen-bond acceptors (Lipinski definition) is 2. The molecule has 2 nitrogen and oxygen atoms in total. The first-order chi connectivity index (χ1) is 8.07. The molecular weight excluding hydrogens is 210 g/mol. The third kappa shape index (κ3) is 2.85. The number of hydrogen-bond donors (Lipinski definition) is 1. The van der Waals surface area contributed by atoms with E-state index in [0.29, 0.717) is 11.5 Å². The Kier molecular flexibility index (Phi) is 2.99. The summed E-state index contributed by atoms with van der Waals surface area (Å²) in [5, 5.41) is 3.74. The fourth-order valence-corrected chi connectivity index (χ4v) is 3.48. The highest BCUT2D eigenvalue weighted by Crippen LogP contribution is 2.47. The molecule has 0 bridgehead atoms. The van der Waals surface area contributed by atoms with Crippen LogP contribution < -0.4 is 5.32 Å². The van der Waals surface area contributed by atoms with Crippen LogP contribution in [0.4, 0.5) is 0 Å². The molecule has 98 valence electrons. The van der Waals surface area contributed by atoms with Crippen LogP contribution in [0.1, 0.15) is 65.2 Å². The first kappa shape index (κ1) is 12.0. The summed E-state index contributed by atoms with van der Waals surface area (Å²) in [6, 6.07) is 0.855. The fourth-order valence-electron chi connectivity index (χ4n) is 3.48. The minimum absolute atomic E-state index is 0.138. The highest BCUT2D eigenvalue weighted by atomic mass is 16.5. The molecule has 3 aliphatic rings. The normalized spacial score (nSPS) is 34.6. The second-order valence-corrected chi connectivity index (χ2v) is 7.25. The van der Waals surface area contributed by atoms with Crippen molar-refractivity contribution in [3.8, 4) is 0 Å². The third-order valence-electron chi connectivity index (χ3n) is 4.97. The smallest absolute Gasteiger partial charge is 0.0631 e. The van der Waals surface area contributed by atoms with Gasteiger partial charge in [-0.05, 0) is 64.2 Å². The summed E-state index contributed by atoms with van der Waals surface area (Å²) >= 11 is 0. The van der Waals surface area contributed by atoms with Crippen molar-refractivity contribution in [1.82, 2.24) is 5.32 Å². The van der Waals surface area contributed by atoms with Crippen molar-refractivity contribution in [3.05, 3.63) is 0 Å². The van der Waals surface area contributed by atoms with Gasteiger partial charge in [-0.3, -0.25) is 0 Å². The molecule has 2 aliphatic carbocycles. The SMILES string of the molecule is CC1(C)CCC(CC2(CNC3CC3)CCC2)O1. The first-order valence-electron chi connectivity index (χ1n) is 7.48. The molecule has 1 heterocycles. The number of nitrogens with one attached hydrogen (secondary N) is 1. The molecule has 0 spiro atoms. The Labute approximate surface area is 105 Å². The molecular formula is C15H27NO. The van der Waals surface area contributed by atoms with Gasteiger partial charge in [-0.2, -0.15) is 0 Å². The van der Waals surface area contributed by atoms with Gasteiger partial charge < -0.3 is 10.1 Å². The number of ether oxygens (including phenoxy) is 1. The van der Waals surface area contributed by atoms with E-state index < -0.39 is 0 Å². The summed E-state index contributed by atoms with van der Waals surface area (Å²) in [6.45, 7) is 5.73. The van der Waals surface area contributed by atoms with Gasteiger partial charge in [0.2, 0.25) is 0 Å². The monoisotopic (exact) mass is 237 g/mol. The Balaban J connectivity index is 1.50. The van der Waals surface area contributed by atoms with E-state index in [-0.39, 0.29) is 5.60 Å². The van der Waals surface area contributed by atoms with Gasteiger partial charge in [-0.15, -0.1) is 0 Å². The van der Waals surface area contributed by atoms with Gasteiger partial charge >= 0.3 is 0 Å². The van der Waals surface area contributed by atoms with Crippen LogP contribution in [0.2, 0.25) is 0 Å². The van der Waals surface area contributed by atoms with Gasteiger partial charge in [0.15, 0.2) is 0 Å². The van der Waals surface area contributed by atoms with E-state index in [1.165, 1.54) is 57.9 Å². The lowest BCUT2D eigenvalue weighted by Crippen LogP contribution is -2.43. The second-order valence-electron chi connectivity index (χ2n) is 7.25. The van der Waals surface area contributed by atoms with Gasteiger partial charge in [0, 0.05) is 12.6 Å². The van der Waals surface area contributed by atoms with Crippen molar-refractivity contribution in [2.45, 2.75) is 83.0 Å². The Hall–Kier alpha value is -0.0800. The minimum Gasteiger partial charge on any atom is -0.372 e. The van der Waals surface area contributed by atoms with E-state index in [4.69, 9.17) is 4.74 Å². The van der Waals surface area contributed by atoms with Crippen molar-refractivity contribution in [2.75, 3.05) is 6.54 Å². The molecule has 3 fully saturated rings. The van der Waals surface area contributed by atoms with Crippen LogP contribution in [0.3, 0.4) is 0 Å². The summed E-state index contributed by atoms with van der Waals surface area (Å²) in [6.07, 6.45) is 11.4. The molecule has 3 rings (SSSR count). The first-order valence-corrected chi connectivity index (χ1v) is 7.48. The van der Waals surface area contributed by atoms with Crippen LogP contribution in [0.15, 0.2) is 0 Å². The Morgan fingerprint density at radius 3 is 2.35 bits per heavy atom. The Morgan fingerprint density at radius 2 is 1.88 bits per heavy atom. The largest absolute Gasteiger partial charge is 0.372 e. The van der Waals surface area contributed by atoms with E-state index in [1.54, 1.807) is 0 Å². The maximum Gasteiger partial charge on any atom is 0.0631 e. The van der Waals surface area contributed by atoms with Crippen molar-refractivity contribution in [2.24, 2.45) is 5.41 Å². The standard InChI is InChI=1S/C15H27NO/c1-14(2)9-6-13(17-14)10-15(7-3-8-15)11-16-12-4-5-12/h12-13,16H,3-11H2,1-2H3.